The number of hydrogen-bond donors (Lipinski definition) is 2. The summed E-state index contributed by atoms with van der Waals surface area (Å²) in [5.41, 5.74) is 0.406. The molecule has 0 aliphatic carbocycles. The zero-order valence-electron chi connectivity index (χ0n) is 19.2. The number of para-hydroxylation sites is 2. The molecule has 0 spiro atoms. The fraction of sp³-hybridized carbons (Fsp3) is 0.458. The maximum Gasteiger partial charge on any atom is 0.354 e. The van der Waals surface area contributed by atoms with E-state index < -0.39 is 19.0 Å². The van der Waals surface area contributed by atoms with Crippen molar-refractivity contribution in [2.24, 2.45) is 0 Å². The van der Waals surface area contributed by atoms with Crippen LogP contribution in [0, 0.1) is 0 Å². The summed E-state index contributed by atoms with van der Waals surface area (Å²) in [5, 5.41) is 12.6. The normalized spacial score (nSPS) is 15.4. The van der Waals surface area contributed by atoms with E-state index in [9.17, 15) is 14.5 Å². The Morgan fingerprint density at radius 3 is 2.03 bits per heavy atom. The molecule has 0 aliphatic heterocycles. The van der Waals surface area contributed by atoms with Gasteiger partial charge < -0.3 is 14.4 Å². The molecule has 0 radical (unpaired) electrons. The number of aliphatic carboxylic acids is 1. The molecule has 0 bridgehead atoms. The van der Waals surface area contributed by atoms with E-state index in [4.69, 9.17) is 9.26 Å². The minimum Gasteiger partial charge on any atom is -0.481 e. The molecule has 31 heavy (non-hydrogen) atoms. The van der Waals surface area contributed by atoms with Crippen molar-refractivity contribution in [2.75, 3.05) is 6.35 Å². The van der Waals surface area contributed by atoms with Crippen LogP contribution in [0.1, 0.15) is 70.9 Å². The lowest BCUT2D eigenvalue weighted by atomic mass is 9.94. The van der Waals surface area contributed by atoms with E-state index in [1.807, 2.05) is 64.1 Å². The standard InChI is InChI=1S/C24H34NO5P/c1-7-24(6,23(26)27)25-31(28,16-29-19-12-9-8-10-13-19)30-22-20(17(2)3)14-11-15-21(22)18(4)5/h8-15,17-18H,7,16H2,1-6H3,(H,25,28)(H,26,27). The summed E-state index contributed by atoms with van der Waals surface area (Å²) < 4.78 is 26.0. The first-order chi connectivity index (χ1) is 14.5. The molecule has 0 heterocycles. The molecule has 0 fully saturated rings. The summed E-state index contributed by atoms with van der Waals surface area (Å²) in [6, 6.07) is 14.8. The van der Waals surface area contributed by atoms with E-state index in [0.29, 0.717) is 11.5 Å². The Bertz CT molecular complexity index is 903. The molecule has 7 heteroatoms. The molecule has 2 N–H and O–H groups in total. The highest BCUT2D eigenvalue weighted by Gasteiger charge is 2.41. The average Bonchev–Trinajstić information content (AvgIpc) is 2.72. The summed E-state index contributed by atoms with van der Waals surface area (Å²) in [6.07, 6.45) is -0.0757. The van der Waals surface area contributed by atoms with Crippen LogP contribution < -0.4 is 14.3 Å². The average molecular weight is 448 g/mol. The minimum absolute atomic E-state index is 0.134. The fourth-order valence-electron chi connectivity index (χ4n) is 3.15. The van der Waals surface area contributed by atoms with Gasteiger partial charge in [-0.15, -0.1) is 0 Å². The number of nitrogens with one attached hydrogen (secondary N) is 1. The Morgan fingerprint density at radius 2 is 1.58 bits per heavy atom. The van der Waals surface area contributed by atoms with Gasteiger partial charge in [0.2, 0.25) is 0 Å². The first kappa shape index (κ1) is 25.0. The third-order valence-electron chi connectivity index (χ3n) is 5.30. The number of rotatable bonds is 11. The predicted octanol–water partition coefficient (Wildman–Crippen LogP) is 6.38. The van der Waals surface area contributed by atoms with Crippen molar-refractivity contribution in [2.45, 2.75) is 65.3 Å². The number of ether oxygens (including phenoxy) is 1. The number of hydrogen-bond acceptors (Lipinski definition) is 4. The smallest absolute Gasteiger partial charge is 0.354 e. The zero-order valence-corrected chi connectivity index (χ0v) is 20.1. The fourth-order valence-corrected chi connectivity index (χ4v) is 5.14. The number of carboxylic acid groups (broad SMARTS) is 1. The Hall–Kier alpha value is -2.30. The summed E-state index contributed by atoms with van der Waals surface area (Å²) in [5.74, 6) is 0.231. The number of benzene rings is 2. The van der Waals surface area contributed by atoms with E-state index in [-0.39, 0.29) is 24.6 Å². The zero-order chi connectivity index (χ0) is 23.2. The molecule has 0 saturated heterocycles. The van der Waals surface area contributed by atoms with Gasteiger partial charge in [-0.05, 0) is 48.4 Å². The van der Waals surface area contributed by atoms with Gasteiger partial charge in [0.25, 0.3) is 0 Å². The molecule has 2 unspecified atom stereocenters. The van der Waals surface area contributed by atoms with Gasteiger partial charge in [-0.2, -0.15) is 0 Å². The van der Waals surface area contributed by atoms with Gasteiger partial charge >= 0.3 is 13.5 Å². The third kappa shape index (κ3) is 6.34. The van der Waals surface area contributed by atoms with Gasteiger partial charge in [0, 0.05) is 0 Å². The molecular weight excluding hydrogens is 413 g/mol. The number of carboxylic acids is 1. The Balaban J connectivity index is 2.50. The summed E-state index contributed by atoms with van der Waals surface area (Å²) in [7, 11) is -3.78. The highest BCUT2D eigenvalue weighted by Crippen LogP contribution is 2.49. The van der Waals surface area contributed by atoms with Crippen molar-refractivity contribution in [3.05, 3.63) is 59.7 Å². The lowest BCUT2D eigenvalue weighted by Crippen LogP contribution is -2.48. The van der Waals surface area contributed by atoms with Crippen LogP contribution in [0.15, 0.2) is 48.5 Å². The molecule has 6 nitrogen and oxygen atoms in total. The molecule has 0 aromatic heterocycles. The van der Waals surface area contributed by atoms with Crippen LogP contribution in [0.25, 0.3) is 0 Å². The van der Waals surface area contributed by atoms with Crippen molar-refractivity contribution in [3.63, 3.8) is 0 Å². The molecule has 2 rings (SSSR count). The summed E-state index contributed by atoms with van der Waals surface area (Å²) in [4.78, 5) is 11.9. The summed E-state index contributed by atoms with van der Waals surface area (Å²) in [6.45, 7) is 11.4. The summed E-state index contributed by atoms with van der Waals surface area (Å²) >= 11 is 0. The molecule has 0 aliphatic rings. The van der Waals surface area contributed by atoms with Gasteiger partial charge in [0.1, 0.15) is 17.0 Å². The van der Waals surface area contributed by atoms with Crippen molar-refractivity contribution < 1.29 is 23.7 Å². The molecule has 170 valence electrons. The molecule has 0 amide bonds. The maximum absolute atomic E-state index is 14.1. The number of carbonyl (C=O) groups is 1. The second-order valence-electron chi connectivity index (χ2n) is 8.53. The van der Waals surface area contributed by atoms with E-state index in [1.54, 1.807) is 19.1 Å². The van der Waals surface area contributed by atoms with Gasteiger partial charge in [-0.25, -0.2) is 5.09 Å². The van der Waals surface area contributed by atoms with Crippen LogP contribution >= 0.6 is 7.52 Å². The van der Waals surface area contributed by atoms with Crippen LogP contribution in [0.4, 0.5) is 0 Å². The second kappa shape index (κ2) is 10.3. The lowest BCUT2D eigenvalue weighted by molar-refractivity contribution is -0.143. The SMILES string of the molecule is CCC(C)(NP(=O)(COc1ccccc1)Oc1c(C(C)C)cccc1C(C)C)C(=O)O. The van der Waals surface area contributed by atoms with Gasteiger partial charge in [-0.3, -0.25) is 9.36 Å². The minimum atomic E-state index is -3.78. The molecular formula is C24H34NO5P. The van der Waals surface area contributed by atoms with Crippen LogP contribution in [0.3, 0.4) is 0 Å². The van der Waals surface area contributed by atoms with E-state index in [0.717, 1.165) is 11.1 Å². The first-order valence-electron chi connectivity index (χ1n) is 10.6. The van der Waals surface area contributed by atoms with E-state index in [2.05, 4.69) is 5.09 Å². The predicted molar refractivity (Wildman–Crippen MR) is 124 cm³/mol. The van der Waals surface area contributed by atoms with Crippen molar-refractivity contribution in [1.29, 1.82) is 0 Å². The lowest BCUT2D eigenvalue weighted by Gasteiger charge is -2.32. The van der Waals surface area contributed by atoms with Crippen LogP contribution in [0.5, 0.6) is 11.5 Å². The van der Waals surface area contributed by atoms with E-state index >= 15 is 0 Å². The largest absolute Gasteiger partial charge is 0.481 e. The van der Waals surface area contributed by atoms with Crippen LogP contribution in [0.2, 0.25) is 0 Å². The molecule has 0 saturated carbocycles. The first-order valence-corrected chi connectivity index (χ1v) is 12.4. The van der Waals surface area contributed by atoms with Crippen molar-refractivity contribution in [1.82, 2.24) is 5.09 Å². The Labute approximate surface area is 185 Å². The Kier molecular flexibility index (Phi) is 8.33. The molecule has 2 atom stereocenters. The van der Waals surface area contributed by atoms with Crippen LogP contribution in [-0.2, 0) is 9.36 Å². The van der Waals surface area contributed by atoms with E-state index in [1.165, 1.54) is 6.92 Å². The highest BCUT2D eigenvalue weighted by molar-refractivity contribution is 7.57. The van der Waals surface area contributed by atoms with Gasteiger partial charge in [0.15, 0.2) is 6.35 Å². The Morgan fingerprint density at radius 1 is 1.03 bits per heavy atom. The monoisotopic (exact) mass is 447 g/mol. The quantitative estimate of drug-likeness (QED) is 0.389. The third-order valence-corrected chi connectivity index (χ3v) is 7.08. The van der Waals surface area contributed by atoms with Crippen molar-refractivity contribution >= 4 is 13.5 Å². The topological polar surface area (TPSA) is 84.9 Å². The molecule has 2 aromatic rings. The van der Waals surface area contributed by atoms with Crippen LogP contribution in [-0.4, -0.2) is 23.0 Å². The van der Waals surface area contributed by atoms with Gasteiger partial charge in [0.05, 0.1) is 0 Å². The maximum atomic E-state index is 14.1. The second-order valence-corrected chi connectivity index (χ2v) is 10.5. The molecule has 2 aromatic carbocycles. The van der Waals surface area contributed by atoms with Crippen molar-refractivity contribution in [3.8, 4) is 11.5 Å². The van der Waals surface area contributed by atoms with Gasteiger partial charge in [-0.1, -0.05) is 71.0 Å². The highest BCUT2D eigenvalue weighted by atomic mass is 31.2.